The largest absolute Gasteiger partial charge is 0.434 e. The summed E-state index contributed by atoms with van der Waals surface area (Å²) < 4.78 is 29.9. The van der Waals surface area contributed by atoms with Crippen LogP contribution in [0.2, 0.25) is 0 Å². The van der Waals surface area contributed by atoms with Crippen LogP contribution in [0.5, 0.6) is 5.75 Å². The van der Waals surface area contributed by atoms with Crippen molar-refractivity contribution in [2.45, 2.75) is 25.5 Å². The van der Waals surface area contributed by atoms with Gasteiger partial charge in [-0.1, -0.05) is 42.5 Å². The molecule has 1 aliphatic heterocycles. The predicted octanol–water partition coefficient (Wildman–Crippen LogP) is 4.08. The Morgan fingerprint density at radius 2 is 1.90 bits per heavy atom. The van der Waals surface area contributed by atoms with Gasteiger partial charge in [0.05, 0.1) is 5.92 Å². The lowest BCUT2D eigenvalue weighted by atomic mass is 9.94. The highest BCUT2D eigenvalue weighted by atomic mass is 19.3. The number of nitrogens with zero attached hydrogens (tertiary/aromatic N) is 1. The van der Waals surface area contributed by atoms with Crippen LogP contribution < -0.4 is 10.2 Å². The van der Waals surface area contributed by atoms with Crippen molar-refractivity contribution in [2.24, 2.45) is 0 Å². The van der Waals surface area contributed by atoms with Crippen molar-refractivity contribution < 1.29 is 28.3 Å². The zero-order valence-electron chi connectivity index (χ0n) is 16.4. The second-order valence-corrected chi connectivity index (χ2v) is 7.35. The average molecular weight is 426 g/mol. The Labute approximate surface area is 177 Å². The third-order valence-corrected chi connectivity index (χ3v) is 5.48. The second-order valence-electron chi connectivity index (χ2n) is 7.35. The molecule has 8 heteroatoms. The third-order valence-electron chi connectivity index (χ3n) is 5.48. The molecule has 1 saturated heterocycles. The lowest BCUT2D eigenvalue weighted by molar-refractivity contribution is -0.129. The molecule has 1 fully saturated rings. The van der Waals surface area contributed by atoms with Crippen molar-refractivity contribution in [3.05, 3.63) is 77.4 Å². The number of benzene rings is 3. The predicted molar refractivity (Wildman–Crippen MR) is 109 cm³/mol. The van der Waals surface area contributed by atoms with Crippen LogP contribution >= 0.6 is 0 Å². The van der Waals surface area contributed by atoms with E-state index in [1.54, 1.807) is 46.8 Å². The lowest BCUT2D eigenvalue weighted by Crippen LogP contribution is -2.26. The minimum absolute atomic E-state index is 0.0640. The molecule has 1 unspecified atom stereocenters. The van der Waals surface area contributed by atoms with E-state index < -0.39 is 12.5 Å². The Morgan fingerprint density at radius 3 is 2.68 bits per heavy atom. The van der Waals surface area contributed by atoms with Crippen LogP contribution in [-0.2, 0) is 11.3 Å². The highest BCUT2D eigenvalue weighted by Gasteiger charge is 2.33. The van der Waals surface area contributed by atoms with Gasteiger partial charge in [0.15, 0.2) is 0 Å². The first-order valence-corrected chi connectivity index (χ1v) is 9.76. The van der Waals surface area contributed by atoms with E-state index in [-0.39, 0.29) is 24.1 Å². The molecule has 31 heavy (non-hydrogen) atoms. The summed E-state index contributed by atoms with van der Waals surface area (Å²) in [4.78, 5) is 26.4. The number of hydrogen-bond acceptors (Lipinski definition) is 4. The molecule has 0 saturated carbocycles. The van der Waals surface area contributed by atoms with E-state index in [1.807, 2.05) is 18.2 Å². The summed E-state index contributed by atoms with van der Waals surface area (Å²) in [5, 5.41) is 10.5. The molecular weight excluding hydrogens is 406 g/mol. The molecule has 0 bridgehead atoms. The summed E-state index contributed by atoms with van der Waals surface area (Å²) in [6, 6.07) is 17.1. The van der Waals surface area contributed by atoms with Gasteiger partial charge >= 0.3 is 6.61 Å². The SMILES string of the molecule is O=C(NO)c1ccc2ccc(C3CCN(Cc4ccccc4OC(F)F)C3=O)cc2c1. The average Bonchev–Trinajstić information content (AvgIpc) is 3.13. The maximum atomic E-state index is 13.0. The van der Waals surface area contributed by atoms with Gasteiger partial charge in [-0.25, -0.2) is 5.48 Å². The van der Waals surface area contributed by atoms with Crippen molar-refractivity contribution in [3.8, 4) is 5.75 Å². The van der Waals surface area contributed by atoms with E-state index in [9.17, 15) is 18.4 Å². The number of amides is 2. The normalized spacial score (nSPS) is 16.2. The van der Waals surface area contributed by atoms with E-state index in [1.165, 1.54) is 6.07 Å². The molecule has 0 aliphatic carbocycles. The van der Waals surface area contributed by atoms with Crippen LogP contribution in [0.25, 0.3) is 10.8 Å². The van der Waals surface area contributed by atoms with Gasteiger partial charge in [0.1, 0.15) is 5.75 Å². The Kier molecular flexibility index (Phi) is 5.81. The maximum Gasteiger partial charge on any atom is 0.387 e. The molecule has 1 aliphatic rings. The molecule has 2 amide bonds. The van der Waals surface area contributed by atoms with Gasteiger partial charge in [0, 0.05) is 24.2 Å². The number of halogens is 2. The van der Waals surface area contributed by atoms with Crippen molar-refractivity contribution in [2.75, 3.05) is 6.54 Å². The molecule has 160 valence electrons. The number of carbonyl (C=O) groups is 2. The number of ether oxygens (including phenoxy) is 1. The first-order valence-electron chi connectivity index (χ1n) is 9.76. The van der Waals surface area contributed by atoms with Gasteiger partial charge in [-0.3, -0.25) is 14.8 Å². The standard InChI is InChI=1S/C23H20F2N2O4/c24-23(25)31-20-4-2-1-3-17(20)13-27-10-9-19(22(27)29)15-7-5-14-6-8-16(21(28)26-30)12-18(14)11-15/h1-8,11-12,19,23,30H,9-10,13H2,(H,26,28). The number of carbonyl (C=O) groups excluding carboxylic acids is 2. The summed E-state index contributed by atoms with van der Waals surface area (Å²) in [6.07, 6.45) is 0.596. The van der Waals surface area contributed by atoms with Gasteiger partial charge in [0.2, 0.25) is 5.91 Å². The second kappa shape index (κ2) is 8.69. The molecule has 4 rings (SSSR count). The molecular formula is C23H20F2N2O4. The van der Waals surface area contributed by atoms with Crippen LogP contribution in [0, 0.1) is 0 Å². The van der Waals surface area contributed by atoms with Crippen molar-refractivity contribution in [1.82, 2.24) is 10.4 Å². The Balaban J connectivity index is 1.55. The molecule has 1 heterocycles. The minimum Gasteiger partial charge on any atom is -0.434 e. The van der Waals surface area contributed by atoms with Crippen LogP contribution in [0.1, 0.15) is 33.8 Å². The summed E-state index contributed by atoms with van der Waals surface area (Å²) in [5.41, 5.74) is 3.26. The number of alkyl halides is 2. The van der Waals surface area contributed by atoms with Crippen molar-refractivity contribution >= 4 is 22.6 Å². The van der Waals surface area contributed by atoms with Crippen LogP contribution in [0.4, 0.5) is 8.78 Å². The monoisotopic (exact) mass is 426 g/mol. The van der Waals surface area contributed by atoms with E-state index in [2.05, 4.69) is 4.74 Å². The molecule has 6 nitrogen and oxygen atoms in total. The quantitative estimate of drug-likeness (QED) is 0.460. The lowest BCUT2D eigenvalue weighted by Gasteiger charge is -2.19. The topological polar surface area (TPSA) is 78.9 Å². The molecule has 0 radical (unpaired) electrons. The van der Waals surface area contributed by atoms with Crippen molar-refractivity contribution in [1.29, 1.82) is 0 Å². The zero-order chi connectivity index (χ0) is 22.0. The van der Waals surface area contributed by atoms with E-state index in [0.29, 0.717) is 24.1 Å². The molecule has 1 atom stereocenters. The van der Waals surface area contributed by atoms with Crippen molar-refractivity contribution in [3.63, 3.8) is 0 Å². The fourth-order valence-corrected chi connectivity index (χ4v) is 3.94. The Morgan fingerprint density at radius 1 is 1.13 bits per heavy atom. The number of hydroxylamine groups is 1. The van der Waals surface area contributed by atoms with E-state index in [0.717, 1.165) is 16.3 Å². The highest BCUT2D eigenvalue weighted by Crippen LogP contribution is 2.33. The van der Waals surface area contributed by atoms with Gasteiger partial charge in [0.25, 0.3) is 5.91 Å². The van der Waals surface area contributed by atoms with Crippen LogP contribution in [0.15, 0.2) is 60.7 Å². The summed E-state index contributed by atoms with van der Waals surface area (Å²) in [6.45, 7) is -2.25. The first kappa shape index (κ1) is 20.7. The summed E-state index contributed by atoms with van der Waals surface area (Å²) >= 11 is 0. The number of rotatable bonds is 6. The van der Waals surface area contributed by atoms with Crippen LogP contribution in [-0.4, -0.2) is 35.1 Å². The van der Waals surface area contributed by atoms with E-state index in [4.69, 9.17) is 5.21 Å². The molecule has 2 N–H and O–H groups in total. The fourth-order valence-electron chi connectivity index (χ4n) is 3.94. The van der Waals surface area contributed by atoms with Crippen LogP contribution in [0.3, 0.4) is 0 Å². The number of para-hydroxylation sites is 1. The number of hydrogen-bond donors (Lipinski definition) is 2. The summed E-state index contributed by atoms with van der Waals surface area (Å²) in [5.74, 6) is -0.993. The van der Waals surface area contributed by atoms with Gasteiger partial charge in [-0.15, -0.1) is 0 Å². The minimum atomic E-state index is -2.93. The molecule has 3 aromatic rings. The maximum absolute atomic E-state index is 13.0. The molecule has 3 aromatic carbocycles. The Hall–Kier alpha value is -3.52. The zero-order valence-corrected chi connectivity index (χ0v) is 16.4. The number of nitrogens with one attached hydrogen (secondary N) is 1. The smallest absolute Gasteiger partial charge is 0.387 e. The molecule has 0 spiro atoms. The van der Waals surface area contributed by atoms with Gasteiger partial charge < -0.3 is 9.64 Å². The number of fused-ring (bicyclic) bond motifs is 1. The Bertz CT molecular complexity index is 1140. The highest BCUT2D eigenvalue weighted by molar-refractivity contribution is 5.98. The van der Waals surface area contributed by atoms with E-state index >= 15 is 0 Å². The molecule has 0 aromatic heterocycles. The third kappa shape index (κ3) is 4.34. The van der Waals surface area contributed by atoms with Gasteiger partial charge in [-0.2, -0.15) is 8.78 Å². The number of likely N-dealkylation sites (tertiary alicyclic amines) is 1. The summed E-state index contributed by atoms with van der Waals surface area (Å²) in [7, 11) is 0. The first-order chi connectivity index (χ1) is 15.0. The van der Waals surface area contributed by atoms with Gasteiger partial charge in [-0.05, 0) is 41.0 Å². The fraction of sp³-hybridized carbons (Fsp3) is 0.217.